The van der Waals surface area contributed by atoms with E-state index in [0.717, 1.165) is 49.3 Å². The van der Waals surface area contributed by atoms with Gasteiger partial charge >= 0.3 is 6.18 Å². The molecule has 1 heterocycles. The molecule has 2 aliphatic rings. The molecule has 2 aromatic rings. The van der Waals surface area contributed by atoms with Crippen molar-refractivity contribution in [1.29, 1.82) is 0 Å². The minimum atomic E-state index is -4.48. The van der Waals surface area contributed by atoms with Crippen LogP contribution in [0.15, 0.2) is 36.4 Å². The summed E-state index contributed by atoms with van der Waals surface area (Å²) in [5, 5.41) is 3.29. The lowest BCUT2D eigenvalue weighted by atomic mass is 9.96. The minimum Gasteiger partial charge on any atom is -0.495 e. The smallest absolute Gasteiger partial charge is 0.416 e. The third kappa shape index (κ3) is 7.17. The van der Waals surface area contributed by atoms with Crippen LogP contribution in [0.25, 0.3) is 0 Å². The van der Waals surface area contributed by atoms with Crippen molar-refractivity contribution in [3.63, 3.8) is 0 Å². The van der Waals surface area contributed by atoms with Crippen molar-refractivity contribution in [2.45, 2.75) is 38.5 Å². The zero-order chi connectivity index (χ0) is 26.6. The number of benzene rings is 2. The van der Waals surface area contributed by atoms with Crippen molar-refractivity contribution < 1.29 is 22.7 Å². The Bertz CT molecular complexity index is 1090. The van der Waals surface area contributed by atoms with Gasteiger partial charge in [-0.15, -0.1) is 0 Å². The first-order valence-electron chi connectivity index (χ1n) is 12.9. The summed E-state index contributed by atoms with van der Waals surface area (Å²) >= 11 is 0. The van der Waals surface area contributed by atoms with Crippen molar-refractivity contribution in [2.75, 3.05) is 59.2 Å². The average Bonchev–Trinajstić information content (AvgIpc) is 3.68. The molecule has 0 bridgehead atoms. The van der Waals surface area contributed by atoms with Gasteiger partial charge in [-0.05, 0) is 68.1 Å². The molecule has 6 nitrogen and oxygen atoms in total. The van der Waals surface area contributed by atoms with Crippen LogP contribution >= 0.6 is 0 Å². The largest absolute Gasteiger partial charge is 0.495 e. The molecule has 37 heavy (non-hydrogen) atoms. The van der Waals surface area contributed by atoms with Gasteiger partial charge in [0.1, 0.15) is 5.75 Å². The van der Waals surface area contributed by atoms with Crippen LogP contribution in [0.3, 0.4) is 0 Å². The first-order chi connectivity index (χ1) is 17.7. The fraction of sp³-hybridized carbons (Fsp3) is 0.536. The highest BCUT2D eigenvalue weighted by Gasteiger charge is 2.34. The van der Waals surface area contributed by atoms with E-state index >= 15 is 0 Å². The number of fused-ring (bicyclic) bond motifs is 1. The van der Waals surface area contributed by atoms with Crippen LogP contribution in [0, 0.1) is 5.92 Å². The van der Waals surface area contributed by atoms with E-state index in [9.17, 15) is 18.0 Å². The Morgan fingerprint density at radius 1 is 1.14 bits per heavy atom. The lowest BCUT2D eigenvalue weighted by molar-refractivity contribution is -0.139. The number of amides is 1. The molecule has 4 rings (SSSR count). The maximum absolute atomic E-state index is 13.6. The average molecular weight is 519 g/mol. The number of carbonyl (C=O) groups is 1. The second kappa shape index (κ2) is 11.7. The summed E-state index contributed by atoms with van der Waals surface area (Å²) in [6.45, 7) is 3.70. The summed E-state index contributed by atoms with van der Waals surface area (Å²) in [5.74, 6) is 1.24. The molecule has 202 valence electrons. The molecule has 1 amide bonds. The Balaban J connectivity index is 1.50. The molecule has 2 aromatic carbocycles. The van der Waals surface area contributed by atoms with Gasteiger partial charge in [-0.25, -0.2) is 0 Å². The second-order valence-corrected chi connectivity index (χ2v) is 10.3. The van der Waals surface area contributed by atoms with Crippen molar-refractivity contribution in [1.82, 2.24) is 14.7 Å². The van der Waals surface area contributed by atoms with Gasteiger partial charge in [0, 0.05) is 39.3 Å². The molecular weight excluding hydrogens is 481 g/mol. The van der Waals surface area contributed by atoms with Crippen molar-refractivity contribution in [3.8, 4) is 5.75 Å². The third-order valence-electron chi connectivity index (χ3n) is 7.15. The molecule has 1 aliphatic heterocycles. The van der Waals surface area contributed by atoms with E-state index in [0.29, 0.717) is 18.8 Å². The lowest BCUT2D eigenvalue weighted by Gasteiger charge is -2.31. The second-order valence-electron chi connectivity index (χ2n) is 10.3. The topological polar surface area (TPSA) is 48.1 Å². The van der Waals surface area contributed by atoms with E-state index in [1.807, 2.05) is 25.1 Å². The molecule has 0 unspecified atom stereocenters. The van der Waals surface area contributed by atoms with Gasteiger partial charge in [0.15, 0.2) is 0 Å². The minimum absolute atomic E-state index is 0.0276. The number of nitrogens with one attached hydrogen (secondary N) is 1. The first kappa shape index (κ1) is 27.3. The first-order valence-corrected chi connectivity index (χ1v) is 12.9. The van der Waals surface area contributed by atoms with Crippen molar-refractivity contribution >= 4 is 11.6 Å². The maximum Gasteiger partial charge on any atom is 0.416 e. The molecular formula is C28H37F3N4O2. The SMILES string of the molecule is COc1ccc2c(c1NCC(=O)N(CCN(C)C)Cc1ccccc1C(F)(F)F)CCN(CC1CC1)C2. The number of hydrogen-bond acceptors (Lipinski definition) is 5. The summed E-state index contributed by atoms with van der Waals surface area (Å²) in [6.07, 6.45) is -0.981. The fourth-order valence-electron chi connectivity index (χ4n) is 4.91. The fourth-order valence-corrected chi connectivity index (χ4v) is 4.91. The van der Waals surface area contributed by atoms with Crippen molar-refractivity contribution in [2.24, 2.45) is 5.92 Å². The highest BCUT2D eigenvalue weighted by Crippen LogP contribution is 2.37. The molecule has 1 N–H and O–H groups in total. The van der Waals surface area contributed by atoms with Crippen LogP contribution in [-0.2, 0) is 30.5 Å². The summed E-state index contributed by atoms with van der Waals surface area (Å²) in [5.41, 5.74) is 2.57. The molecule has 0 atom stereocenters. The van der Waals surface area contributed by atoms with E-state index in [1.54, 1.807) is 13.2 Å². The van der Waals surface area contributed by atoms with E-state index in [4.69, 9.17) is 4.74 Å². The number of anilines is 1. The zero-order valence-electron chi connectivity index (χ0n) is 21.9. The number of methoxy groups -OCH3 is 1. The Hall–Kier alpha value is -2.78. The van der Waals surface area contributed by atoms with E-state index in [-0.39, 0.29) is 24.6 Å². The van der Waals surface area contributed by atoms with Gasteiger partial charge in [-0.3, -0.25) is 9.69 Å². The number of hydrogen-bond donors (Lipinski definition) is 1. The number of nitrogens with zero attached hydrogens (tertiary/aromatic N) is 3. The zero-order valence-corrected chi connectivity index (χ0v) is 21.9. The van der Waals surface area contributed by atoms with Gasteiger partial charge in [-0.1, -0.05) is 24.3 Å². The van der Waals surface area contributed by atoms with E-state index in [2.05, 4.69) is 16.3 Å². The molecule has 0 aromatic heterocycles. The summed E-state index contributed by atoms with van der Waals surface area (Å²) in [6, 6.07) is 9.47. The molecule has 1 aliphatic carbocycles. The number of halogens is 3. The van der Waals surface area contributed by atoms with E-state index < -0.39 is 11.7 Å². The van der Waals surface area contributed by atoms with Crippen LogP contribution in [0.5, 0.6) is 5.75 Å². The van der Waals surface area contributed by atoms with Crippen LogP contribution in [-0.4, -0.2) is 74.5 Å². The normalized spacial score (nSPS) is 16.0. The quantitative estimate of drug-likeness (QED) is 0.475. The number of rotatable bonds is 11. The highest BCUT2D eigenvalue weighted by molar-refractivity contribution is 5.82. The summed E-state index contributed by atoms with van der Waals surface area (Å²) in [7, 11) is 5.35. The number of carbonyl (C=O) groups excluding carboxylic acids is 1. The maximum atomic E-state index is 13.6. The van der Waals surface area contributed by atoms with Gasteiger partial charge in [0.25, 0.3) is 0 Å². The van der Waals surface area contributed by atoms with Crippen LogP contribution in [0.1, 0.15) is 35.1 Å². The van der Waals surface area contributed by atoms with Gasteiger partial charge in [-0.2, -0.15) is 13.2 Å². The molecule has 0 spiro atoms. The predicted molar refractivity (Wildman–Crippen MR) is 139 cm³/mol. The molecule has 1 saturated carbocycles. The predicted octanol–water partition coefficient (Wildman–Crippen LogP) is 4.48. The third-order valence-corrected chi connectivity index (χ3v) is 7.15. The molecule has 0 saturated heterocycles. The monoisotopic (exact) mass is 518 g/mol. The summed E-state index contributed by atoms with van der Waals surface area (Å²) in [4.78, 5) is 19.3. The van der Waals surface area contributed by atoms with Gasteiger partial charge in [0.2, 0.25) is 5.91 Å². The Labute approximate surface area is 217 Å². The number of alkyl halides is 3. The van der Waals surface area contributed by atoms with Crippen LogP contribution in [0.4, 0.5) is 18.9 Å². The Morgan fingerprint density at radius 3 is 2.57 bits per heavy atom. The molecule has 1 fully saturated rings. The van der Waals surface area contributed by atoms with Crippen LogP contribution in [0.2, 0.25) is 0 Å². The number of likely N-dealkylation sites (N-methyl/N-ethyl adjacent to an activating group) is 1. The molecule has 9 heteroatoms. The van der Waals surface area contributed by atoms with E-state index in [1.165, 1.54) is 35.4 Å². The Morgan fingerprint density at radius 2 is 1.89 bits per heavy atom. The summed E-state index contributed by atoms with van der Waals surface area (Å²) < 4.78 is 46.4. The van der Waals surface area contributed by atoms with Gasteiger partial charge in [0.05, 0.1) is 24.9 Å². The van der Waals surface area contributed by atoms with Crippen LogP contribution < -0.4 is 10.1 Å². The van der Waals surface area contributed by atoms with Crippen molar-refractivity contribution in [3.05, 3.63) is 58.7 Å². The van der Waals surface area contributed by atoms with Gasteiger partial charge < -0.3 is 19.9 Å². The Kier molecular flexibility index (Phi) is 8.64. The lowest BCUT2D eigenvalue weighted by Crippen LogP contribution is -2.40. The number of ether oxygens (including phenoxy) is 1. The standard InChI is InChI=1S/C28H37F3N4O2/c1-33(2)14-15-35(19-22-6-4-5-7-24(22)28(29,30)31)26(36)16-32-27-23-12-13-34(17-20-8-9-20)18-21(23)10-11-25(27)37-3/h4-7,10-11,20,32H,8-9,12-19H2,1-3H3. The molecule has 0 radical (unpaired) electrons. The highest BCUT2D eigenvalue weighted by atomic mass is 19.4.